The van der Waals surface area contributed by atoms with Crippen LogP contribution < -0.4 is 14.5 Å². The number of imide groups is 2. The van der Waals surface area contributed by atoms with Gasteiger partial charge in [-0.05, 0) is 76.5 Å². The second-order valence-electron chi connectivity index (χ2n) is 8.76. The number of hydrogen-bond donors (Lipinski definition) is 0. The Hall–Kier alpha value is -4.49. The molecule has 188 valence electrons. The molecular weight excluding hydrogens is 544 g/mol. The molecule has 1 aliphatic rings. The number of carbonyl (C=O) groups is 3. The molecule has 0 unspecified atom stereocenters. The van der Waals surface area contributed by atoms with E-state index in [2.05, 4.69) is 15.9 Å². The molecule has 1 saturated heterocycles. The Bertz CT molecular complexity index is 1470. The van der Waals surface area contributed by atoms with Crippen molar-refractivity contribution in [2.24, 2.45) is 0 Å². The molecule has 4 amide bonds. The smallest absolute Gasteiger partial charge is 0.343 e. The summed E-state index contributed by atoms with van der Waals surface area (Å²) in [4.78, 5) is 42.5. The average molecular weight is 567 g/mol. The number of nitrogens with zero attached hydrogens (tertiary/aromatic N) is 2. The minimum absolute atomic E-state index is 0.127. The lowest BCUT2D eigenvalue weighted by atomic mass is 10.0. The number of benzene rings is 4. The van der Waals surface area contributed by atoms with E-state index in [-0.39, 0.29) is 5.57 Å². The SMILES string of the molecule is Cc1ccc(COc2ccc(C=C3C(=O)N(c4ccccc4)C(=O)N(c4ccccc4)C3=O)cc2Br)cc1. The number of para-hydroxylation sites is 2. The predicted octanol–water partition coefficient (Wildman–Crippen LogP) is 6.92. The number of urea groups is 1. The normalized spacial score (nSPS) is 13.6. The lowest BCUT2D eigenvalue weighted by Gasteiger charge is -2.33. The first-order valence-corrected chi connectivity index (χ1v) is 12.7. The van der Waals surface area contributed by atoms with E-state index >= 15 is 0 Å². The van der Waals surface area contributed by atoms with Crippen LogP contribution in [0.4, 0.5) is 16.2 Å². The summed E-state index contributed by atoms with van der Waals surface area (Å²) in [5.41, 5.74) is 3.45. The third-order valence-corrected chi connectivity index (χ3v) is 6.68. The maximum absolute atomic E-state index is 13.5. The molecule has 38 heavy (non-hydrogen) atoms. The molecule has 1 fully saturated rings. The topological polar surface area (TPSA) is 66.9 Å². The molecule has 0 bridgehead atoms. The minimum atomic E-state index is -0.726. The van der Waals surface area contributed by atoms with Crippen LogP contribution in [-0.2, 0) is 16.2 Å². The molecule has 1 aliphatic heterocycles. The molecule has 0 N–H and O–H groups in total. The summed E-state index contributed by atoms with van der Waals surface area (Å²) < 4.78 is 6.62. The molecule has 6 nitrogen and oxygen atoms in total. The fraction of sp³-hybridized carbons (Fsp3) is 0.0645. The zero-order valence-corrected chi connectivity index (χ0v) is 22.1. The Morgan fingerprint density at radius 2 is 1.29 bits per heavy atom. The van der Waals surface area contributed by atoms with Crippen LogP contribution in [0.15, 0.2) is 113 Å². The number of barbiturate groups is 1. The van der Waals surface area contributed by atoms with Crippen molar-refractivity contribution >= 4 is 51.2 Å². The lowest BCUT2D eigenvalue weighted by molar-refractivity contribution is -0.121. The van der Waals surface area contributed by atoms with Crippen molar-refractivity contribution in [2.45, 2.75) is 13.5 Å². The van der Waals surface area contributed by atoms with Crippen molar-refractivity contribution in [3.63, 3.8) is 0 Å². The maximum Gasteiger partial charge on any atom is 0.343 e. The van der Waals surface area contributed by atoms with Gasteiger partial charge in [-0.1, -0.05) is 72.3 Å². The van der Waals surface area contributed by atoms with E-state index in [1.165, 1.54) is 11.6 Å². The Balaban J connectivity index is 1.47. The monoisotopic (exact) mass is 566 g/mol. The average Bonchev–Trinajstić information content (AvgIpc) is 2.93. The number of hydrogen-bond acceptors (Lipinski definition) is 4. The standard InChI is InChI=1S/C31H23BrN2O4/c1-21-12-14-22(15-13-21)20-38-28-17-16-23(19-27(28)32)18-26-29(35)33(24-8-4-2-5-9-24)31(37)34(30(26)36)25-10-6-3-7-11-25/h2-19H,20H2,1H3. The highest BCUT2D eigenvalue weighted by Crippen LogP contribution is 2.31. The fourth-order valence-corrected chi connectivity index (χ4v) is 4.59. The van der Waals surface area contributed by atoms with E-state index in [1.807, 2.05) is 31.2 Å². The van der Waals surface area contributed by atoms with Crippen molar-refractivity contribution in [3.05, 3.63) is 130 Å². The Labute approximate surface area is 228 Å². The van der Waals surface area contributed by atoms with Crippen molar-refractivity contribution in [3.8, 4) is 5.75 Å². The van der Waals surface area contributed by atoms with Gasteiger partial charge >= 0.3 is 6.03 Å². The van der Waals surface area contributed by atoms with E-state index in [0.29, 0.717) is 33.8 Å². The van der Waals surface area contributed by atoms with Crippen molar-refractivity contribution in [1.82, 2.24) is 0 Å². The molecule has 0 aromatic heterocycles. The Morgan fingerprint density at radius 1 is 0.737 bits per heavy atom. The first-order chi connectivity index (χ1) is 18.4. The van der Waals surface area contributed by atoms with Gasteiger partial charge in [0.05, 0.1) is 15.8 Å². The van der Waals surface area contributed by atoms with Crippen molar-refractivity contribution in [2.75, 3.05) is 9.80 Å². The largest absolute Gasteiger partial charge is 0.488 e. The Kier molecular flexibility index (Phi) is 7.20. The second-order valence-corrected chi connectivity index (χ2v) is 9.61. The first kappa shape index (κ1) is 25.2. The van der Waals surface area contributed by atoms with Gasteiger partial charge < -0.3 is 4.74 Å². The van der Waals surface area contributed by atoms with Crippen molar-refractivity contribution in [1.29, 1.82) is 0 Å². The van der Waals surface area contributed by atoms with Gasteiger partial charge in [0.15, 0.2) is 0 Å². The quantitative estimate of drug-likeness (QED) is 0.187. The van der Waals surface area contributed by atoms with Crippen LogP contribution in [0.5, 0.6) is 5.75 Å². The minimum Gasteiger partial charge on any atom is -0.488 e. The third kappa shape index (κ3) is 5.14. The van der Waals surface area contributed by atoms with Gasteiger partial charge in [0.1, 0.15) is 17.9 Å². The van der Waals surface area contributed by atoms with E-state index in [9.17, 15) is 14.4 Å². The van der Waals surface area contributed by atoms with Gasteiger partial charge in [-0.3, -0.25) is 9.59 Å². The molecule has 0 saturated carbocycles. The summed E-state index contributed by atoms with van der Waals surface area (Å²) >= 11 is 3.54. The first-order valence-electron chi connectivity index (χ1n) is 11.9. The highest BCUT2D eigenvalue weighted by molar-refractivity contribution is 9.10. The number of rotatable bonds is 6. The molecule has 4 aromatic carbocycles. The molecule has 7 heteroatoms. The van der Waals surface area contributed by atoms with Crippen molar-refractivity contribution < 1.29 is 19.1 Å². The summed E-state index contributed by atoms with van der Waals surface area (Å²) in [6.07, 6.45) is 1.50. The molecule has 0 atom stereocenters. The molecule has 4 aromatic rings. The fourth-order valence-electron chi connectivity index (χ4n) is 4.08. The molecular formula is C31H23BrN2O4. The van der Waals surface area contributed by atoms with Crippen LogP contribution in [0.25, 0.3) is 6.08 Å². The Morgan fingerprint density at radius 3 is 1.82 bits per heavy atom. The number of anilines is 2. The summed E-state index contributed by atoms with van der Waals surface area (Å²) in [6.45, 7) is 2.43. The molecule has 1 heterocycles. The number of halogens is 1. The number of aryl methyl sites for hydroxylation is 1. The molecule has 0 aliphatic carbocycles. The van der Waals surface area contributed by atoms with Gasteiger partial charge in [0.25, 0.3) is 11.8 Å². The zero-order valence-electron chi connectivity index (χ0n) is 20.5. The summed E-state index contributed by atoms with van der Waals surface area (Å²) in [5.74, 6) is -0.746. The van der Waals surface area contributed by atoms with Crippen LogP contribution in [0.3, 0.4) is 0 Å². The number of amides is 4. The van der Waals surface area contributed by atoms with Gasteiger partial charge in [0.2, 0.25) is 0 Å². The van der Waals surface area contributed by atoms with Crippen LogP contribution >= 0.6 is 15.9 Å². The highest BCUT2D eigenvalue weighted by Gasteiger charge is 2.43. The van der Waals surface area contributed by atoms with E-state index < -0.39 is 17.8 Å². The molecule has 5 rings (SSSR count). The van der Waals surface area contributed by atoms with Crippen LogP contribution in [0.2, 0.25) is 0 Å². The van der Waals surface area contributed by atoms with Crippen LogP contribution in [-0.4, -0.2) is 17.8 Å². The second kappa shape index (κ2) is 10.9. The number of carbonyl (C=O) groups excluding carboxylic acids is 3. The number of ether oxygens (including phenoxy) is 1. The predicted molar refractivity (Wildman–Crippen MR) is 151 cm³/mol. The summed E-state index contributed by atoms with van der Waals surface area (Å²) in [5, 5.41) is 0. The van der Waals surface area contributed by atoms with E-state index in [1.54, 1.807) is 78.9 Å². The van der Waals surface area contributed by atoms with E-state index in [4.69, 9.17) is 4.74 Å². The lowest BCUT2D eigenvalue weighted by Crippen LogP contribution is -2.57. The maximum atomic E-state index is 13.5. The van der Waals surface area contributed by atoms with Crippen LogP contribution in [0.1, 0.15) is 16.7 Å². The third-order valence-electron chi connectivity index (χ3n) is 6.06. The van der Waals surface area contributed by atoms with Gasteiger partial charge in [-0.2, -0.15) is 0 Å². The zero-order chi connectivity index (χ0) is 26.6. The highest BCUT2D eigenvalue weighted by atomic mass is 79.9. The van der Waals surface area contributed by atoms with E-state index in [0.717, 1.165) is 15.4 Å². The summed E-state index contributed by atoms with van der Waals surface area (Å²) in [6, 6.07) is 29.8. The van der Waals surface area contributed by atoms with Gasteiger partial charge in [0, 0.05) is 0 Å². The van der Waals surface area contributed by atoms with Crippen LogP contribution in [0, 0.1) is 6.92 Å². The molecule has 0 radical (unpaired) electrons. The summed E-state index contributed by atoms with van der Waals surface area (Å²) in [7, 11) is 0. The molecule has 0 spiro atoms. The van der Waals surface area contributed by atoms with Gasteiger partial charge in [-0.15, -0.1) is 0 Å². The van der Waals surface area contributed by atoms with Gasteiger partial charge in [-0.25, -0.2) is 14.6 Å².